The normalized spacial score (nSPS) is 10.3. The second-order valence-electron chi connectivity index (χ2n) is 3.93. The molecule has 0 aliphatic rings. The molecule has 0 unspecified atom stereocenters. The number of carboxylic acids is 1. The quantitative estimate of drug-likeness (QED) is 0.861. The van der Waals surface area contributed by atoms with Crippen molar-refractivity contribution in [2.45, 2.75) is 13.5 Å². The van der Waals surface area contributed by atoms with Crippen LogP contribution in [0.15, 0.2) is 35.2 Å². The van der Waals surface area contributed by atoms with Crippen molar-refractivity contribution < 1.29 is 14.4 Å². The van der Waals surface area contributed by atoms with Crippen LogP contribution in [0.25, 0.3) is 0 Å². The number of aliphatic carboxylic acids is 1. The van der Waals surface area contributed by atoms with Crippen LogP contribution in [0.4, 0.5) is 5.69 Å². The molecule has 1 heterocycles. The number of nitrogens with zero attached hydrogens (tertiary/aromatic N) is 3. The van der Waals surface area contributed by atoms with E-state index in [1.165, 1.54) is 6.39 Å². The van der Waals surface area contributed by atoms with Crippen LogP contribution in [0, 0.1) is 6.92 Å². The van der Waals surface area contributed by atoms with Crippen LogP contribution in [0.5, 0.6) is 0 Å². The van der Waals surface area contributed by atoms with Crippen molar-refractivity contribution in [2.75, 3.05) is 11.4 Å². The molecular formula is C12H13N3O3. The van der Waals surface area contributed by atoms with Gasteiger partial charge in [0.2, 0.25) is 6.39 Å². The predicted molar refractivity (Wildman–Crippen MR) is 64.2 cm³/mol. The lowest BCUT2D eigenvalue weighted by molar-refractivity contribution is -0.135. The van der Waals surface area contributed by atoms with E-state index in [0.717, 1.165) is 11.3 Å². The van der Waals surface area contributed by atoms with E-state index in [0.29, 0.717) is 12.4 Å². The zero-order valence-corrected chi connectivity index (χ0v) is 9.91. The fourth-order valence-electron chi connectivity index (χ4n) is 1.59. The van der Waals surface area contributed by atoms with Gasteiger partial charge in [-0.15, -0.1) is 0 Å². The minimum Gasteiger partial charge on any atom is -0.480 e. The zero-order valence-electron chi connectivity index (χ0n) is 9.91. The molecule has 2 rings (SSSR count). The van der Waals surface area contributed by atoms with Crippen molar-refractivity contribution in [1.82, 2.24) is 10.1 Å². The zero-order chi connectivity index (χ0) is 13.0. The third-order valence-electron chi connectivity index (χ3n) is 2.46. The van der Waals surface area contributed by atoms with E-state index < -0.39 is 5.97 Å². The SMILES string of the molecule is Cc1ccc(N(CC(=O)O)Cc2ncon2)cc1. The maximum Gasteiger partial charge on any atom is 0.323 e. The van der Waals surface area contributed by atoms with Gasteiger partial charge in [0, 0.05) is 5.69 Å². The average Bonchev–Trinajstić information content (AvgIpc) is 2.81. The van der Waals surface area contributed by atoms with Gasteiger partial charge in [0.25, 0.3) is 0 Å². The van der Waals surface area contributed by atoms with Crippen LogP contribution in [-0.2, 0) is 11.3 Å². The fraction of sp³-hybridized carbons (Fsp3) is 0.250. The highest BCUT2D eigenvalue weighted by Crippen LogP contribution is 2.16. The highest BCUT2D eigenvalue weighted by atomic mass is 16.5. The molecule has 6 nitrogen and oxygen atoms in total. The molecule has 94 valence electrons. The fourth-order valence-corrected chi connectivity index (χ4v) is 1.59. The molecule has 6 heteroatoms. The number of benzene rings is 1. The third-order valence-corrected chi connectivity index (χ3v) is 2.46. The van der Waals surface area contributed by atoms with Crippen LogP contribution in [0.1, 0.15) is 11.4 Å². The molecule has 0 amide bonds. The Morgan fingerprint density at radius 3 is 2.67 bits per heavy atom. The average molecular weight is 247 g/mol. The lowest BCUT2D eigenvalue weighted by atomic mass is 10.2. The molecular weight excluding hydrogens is 234 g/mol. The molecule has 0 saturated carbocycles. The van der Waals surface area contributed by atoms with Crippen LogP contribution < -0.4 is 4.90 Å². The summed E-state index contributed by atoms with van der Waals surface area (Å²) in [5, 5.41) is 12.6. The van der Waals surface area contributed by atoms with Crippen molar-refractivity contribution in [2.24, 2.45) is 0 Å². The van der Waals surface area contributed by atoms with Gasteiger partial charge in [-0.25, -0.2) is 0 Å². The van der Waals surface area contributed by atoms with Crippen LogP contribution in [-0.4, -0.2) is 27.8 Å². The summed E-state index contributed by atoms with van der Waals surface area (Å²) < 4.78 is 4.64. The molecule has 0 aliphatic carbocycles. The van der Waals surface area contributed by atoms with E-state index in [9.17, 15) is 4.79 Å². The van der Waals surface area contributed by atoms with E-state index >= 15 is 0 Å². The molecule has 0 spiro atoms. The summed E-state index contributed by atoms with van der Waals surface area (Å²) in [5.74, 6) is -0.448. The van der Waals surface area contributed by atoms with Crippen LogP contribution >= 0.6 is 0 Å². The first kappa shape index (κ1) is 12.1. The monoisotopic (exact) mass is 247 g/mol. The maximum absolute atomic E-state index is 10.9. The summed E-state index contributed by atoms with van der Waals surface area (Å²) in [6.45, 7) is 2.16. The van der Waals surface area contributed by atoms with Gasteiger partial charge < -0.3 is 14.5 Å². The van der Waals surface area contributed by atoms with Crippen molar-refractivity contribution in [1.29, 1.82) is 0 Å². The number of rotatable bonds is 5. The largest absolute Gasteiger partial charge is 0.480 e. The van der Waals surface area contributed by atoms with Crippen molar-refractivity contribution >= 4 is 11.7 Å². The van der Waals surface area contributed by atoms with E-state index in [4.69, 9.17) is 5.11 Å². The van der Waals surface area contributed by atoms with Gasteiger partial charge in [0.05, 0.1) is 6.54 Å². The third kappa shape index (κ3) is 3.07. The van der Waals surface area contributed by atoms with E-state index in [-0.39, 0.29) is 6.54 Å². The van der Waals surface area contributed by atoms with Gasteiger partial charge >= 0.3 is 5.97 Å². The lowest BCUT2D eigenvalue weighted by Crippen LogP contribution is -2.29. The van der Waals surface area contributed by atoms with E-state index in [2.05, 4.69) is 14.7 Å². The number of aryl methyl sites for hydroxylation is 1. The molecule has 1 aromatic carbocycles. The number of carboxylic acid groups (broad SMARTS) is 1. The summed E-state index contributed by atoms with van der Waals surface area (Å²) in [6.07, 6.45) is 1.23. The first-order chi connectivity index (χ1) is 8.65. The molecule has 1 N–H and O–H groups in total. The Bertz CT molecular complexity index is 508. The second-order valence-corrected chi connectivity index (χ2v) is 3.93. The number of hydrogen-bond acceptors (Lipinski definition) is 5. The van der Waals surface area contributed by atoms with E-state index in [1.54, 1.807) is 4.90 Å². The van der Waals surface area contributed by atoms with Crippen molar-refractivity contribution in [3.63, 3.8) is 0 Å². The molecule has 0 bridgehead atoms. The highest BCUT2D eigenvalue weighted by molar-refractivity contribution is 5.73. The Morgan fingerprint density at radius 1 is 1.39 bits per heavy atom. The van der Waals surface area contributed by atoms with Crippen molar-refractivity contribution in [3.8, 4) is 0 Å². The van der Waals surface area contributed by atoms with Crippen LogP contribution in [0.2, 0.25) is 0 Å². The van der Waals surface area contributed by atoms with Gasteiger partial charge in [-0.05, 0) is 19.1 Å². The lowest BCUT2D eigenvalue weighted by Gasteiger charge is -2.21. The second kappa shape index (κ2) is 5.31. The summed E-state index contributed by atoms with van der Waals surface area (Å²) >= 11 is 0. The highest BCUT2D eigenvalue weighted by Gasteiger charge is 2.13. The first-order valence-corrected chi connectivity index (χ1v) is 5.44. The molecule has 0 radical (unpaired) electrons. The predicted octanol–water partition coefficient (Wildman–Crippen LogP) is 1.47. The van der Waals surface area contributed by atoms with Gasteiger partial charge in [-0.1, -0.05) is 22.9 Å². The molecule has 0 saturated heterocycles. The van der Waals surface area contributed by atoms with Crippen LogP contribution in [0.3, 0.4) is 0 Å². The first-order valence-electron chi connectivity index (χ1n) is 5.44. The van der Waals surface area contributed by atoms with E-state index in [1.807, 2.05) is 31.2 Å². The minimum atomic E-state index is -0.904. The maximum atomic E-state index is 10.9. The molecule has 2 aromatic rings. The summed E-state index contributed by atoms with van der Waals surface area (Å²) in [7, 11) is 0. The van der Waals surface area contributed by atoms with Gasteiger partial charge in [-0.3, -0.25) is 4.79 Å². The molecule has 18 heavy (non-hydrogen) atoms. The standard InChI is InChI=1S/C12H13N3O3/c1-9-2-4-10(5-3-9)15(7-12(16)17)6-11-13-8-18-14-11/h2-5,8H,6-7H2,1H3,(H,16,17). The van der Waals surface area contributed by atoms with Gasteiger partial charge in [0.1, 0.15) is 6.54 Å². The number of carbonyl (C=O) groups is 1. The Labute approximate surface area is 104 Å². The molecule has 1 aromatic heterocycles. The Balaban J connectivity index is 2.19. The number of hydrogen-bond donors (Lipinski definition) is 1. The number of aromatic nitrogens is 2. The van der Waals surface area contributed by atoms with Gasteiger partial charge in [0.15, 0.2) is 5.82 Å². The van der Waals surface area contributed by atoms with Gasteiger partial charge in [-0.2, -0.15) is 4.98 Å². The molecule has 0 atom stereocenters. The smallest absolute Gasteiger partial charge is 0.323 e. The summed E-state index contributed by atoms with van der Waals surface area (Å²) in [4.78, 5) is 16.4. The molecule has 0 fully saturated rings. The summed E-state index contributed by atoms with van der Waals surface area (Å²) in [5.41, 5.74) is 1.93. The Hall–Kier alpha value is -2.37. The molecule has 0 aliphatic heterocycles. The Kier molecular flexibility index (Phi) is 3.57. The summed E-state index contributed by atoms with van der Waals surface area (Å²) in [6, 6.07) is 7.61. The Morgan fingerprint density at radius 2 is 2.11 bits per heavy atom. The minimum absolute atomic E-state index is 0.113. The topological polar surface area (TPSA) is 79.5 Å². The van der Waals surface area contributed by atoms with Crippen molar-refractivity contribution in [3.05, 3.63) is 42.0 Å². The number of anilines is 1.